The van der Waals surface area contributed by atoms with E-state index in [0.717, 1.165) is 73.2 Å². The molecule has 0 saturated carbocycles. The van der Waals surface area contributed by atoms with Gasteiger partial charge in [0.05, 0.1) is 25.3 Å². The summed E-state index contributed by atoms with van der Waals surface area (Å²) in [5.74, 6) is -0.345. The van der Waals surface area contributed by atoms with E-state index in [2.05, 4.69) is 33.7 Å². The summed E-state index contributed by atoms with van der Waals surface area (Å²) in [6.45, 7) is 6.54. The van der Waals surface area contributed by atoms with Crippen LogP contribution in [0, 0.1) is 0 Å². The zero-order valence-corrected chi connectivity index (χ0v) is 26.3. The molecule has 1 spiro atoms. The van der Waals surface area contributed by atoms with Gasteiger partial charge in [0.15, 0.2) is 0 Å². The lowest BCUT2D eigenvalue weighted by molar-refractivity contribution is -0.133. The van der Waals surface area contributed by atoms with Gasteiger partial charge in [-0.1, -0.05) is 49.2 Å². The van der Waals surface area contributed by atoms with Gasteiger partial charge in [-0.2, -0.15) is 0 Å². The Hall–Kier alpha value is -3.51. The molecule has 234 valence electrons. The van der Waals surface area contributed by atoms with E-state index in [0.29, 0.717) is 49.8 Å². The summed E-state index contributed by atoms with van der Waals surface area (Å²) >= 11 is 1.39. The molecule has 11 heteroatoms. The van der Waals surface area contributed by atoms with Crippen molar-refractivity contribution in [1.29, 1.82) is 0 Å². The zero-order chi connectivity index (χ0) is 30.7. The van der Waals surface area contributed by atoms with E-state index >= 15 is 0 Å². The molecule has 3 amide bonds. The fourth-order valence-corrected chi connectivity index (χ4v) is 7.78. The van der Waals surface area contributed by atoms with Crippen LogP contribution in [-0.4, -0.2) is 104 Å². The summed E-state index contributed by atoms with van der Waals surface area (Å²) in [7, 11) is 1.90. The molecule has 3 aliphatic heterocycles. The van der Waals surface area contributed by atoms with Crippen LogP contribution in [0.1, 0.15) is 51.3 Å². The number of unbranched alkanes of at least 4 members (excludes halogenated alkanes) is 3. The smallest absolute Gasteiger partial charge is 0.265 e. The minimum absolute atomic E-state index is 0.0421. The molecule has 0 atom stereocenters. The third-order valence-electron chi connectivity index (χ3n) is 9.31. The van der Waals surface area contributed by atoms with Crippen molar-refractivity contribution >= 4 is 44.8 Å². The van der Waals surface area contributed by atoms with E-state index in [1.165, 1.54) is 11.3 Å². The van der Waals surface area contributed by atoms with E-state index in [-0.39, 0.29) is 17.7 Å². The van der Waals surface area contributed by atoms with Gasteiger partial charge in [0, 0.05) is 55.0 Å². The highest BCUT2D eigenvalue weighted by molar-refractivity contribution is 7.21. The summed E-state index contributed by atoms with van der Waals surface area (Å²) in [5, 5.41) is 7.11. The van der Waals surface area contributed by atoms with Crippen LogP contribution in [0.2, 0.25) is 0 Å². The average Bonchev–Trinajstić information content (AvgIpc) is 3.56. The highest BCUT2D eigenvalue weighted by Gasteiger charge is 2.57. The molecule has 44 heavy (non-hydrogen) atoms. The second-order valence-corrected chi connectivity index (χ2v) is 13.2. The fourth-order valence-electron chi connectivity index (χ4n) is 6.62. The van der Waals surface area contributed by atoms with Crippen LogP contribution >= 0.6 is 11.3 Å². The number of likely N-dealkylation sites (N-methyl/N-ethyl adjacent to an activating group) is 1. The normalized spacial score (nSPS) is 18.1. The Morgan fingerprint density at radius 3 is 2.48 bits per heavy atom. The molecule has 3 fully saturated rings. The first-order valence-electron chi connectivity index (χ1n) is 15.8. The number of hydrogen-bond donors (Lipinski definition) is 3. The quantitative estimate of drug-likeness (QED) is 0.284. The van der Waals surface area contributed by atoms with E-state index in [1.54, 1.807) is 4.90 Å². The third-order valence-corrected chi connectivity index (χ3v) is 10.5. The van der Waals surface area contributed by atoms with Gasteiger partial charge in [-0.25, -0.2) is 0 Å². The van der Waals surface area contributed by atoms with Gasteiger partial charge in [-0.3, -0.25) is 19.3 Å². The molecule has 3 aromatic rings. The first-order valence-corrected chi connectivity index (χ1v) is 16.6. The molecule has 0 radical (unpaired) electrons. The molecule has 4 heterocycles. The van der Waals surface area contributed by atoms with Gasteiger partial charge in [-0.05, 0) is 44.1 Å². The first-order chi connectivity index (χ1) is 21.4. The van der Waals surface area contributed by atoms with Crippen molar-refractivity contribution < 1.29 is 14.4 Å². The fraction of sp³-hybridized carbons (Fsp3) is 0.485. The Kier molecular flexibility index (Phi) is 9.18. The molecular weight excluding hydrogens is 574 g/mol. The number of piperazine rings is 1. The molecular formula is C33H43N7O3S. The average molecular weight is 618 g/mol. The maximum absolute atomic E-state index is 14.6. The number of carbonyl (C=O) groups is 3. The van der Waals surface area contributed by atoms with Crippen LogP contribution in [-0.2, 0) is 11.3 Å². The van der Waals surface area contributed by atoms with E-state index in [9.17, 15) is 14.4 Å². The Balaban J connectivity index is 1.30. The number of hydrogen-bond acceptors (Lipinski definition) is 8. The van der Waals surface area contributed by atoms with Gasteiger partial charge in [0.2, 0.25) is 5.91 Å². The number of anilines is 1. The number of likely N-dealkylation sites (tertiary alicyclic amines) is 1. The van der Waals surface area contributed by atoms with Crippen molar-refractivity contribution in [2.24, 2.45) is 5.73 Å². The number of fused-ring (bicyclic) bond motifs is 1. The number of thiophene rings is 1. The Bertz CT molecular complexity index is 1510. The minimum Gasteiger partial charge on any atom is -0.369 e. The minimum atomic E-state index is -0.686. The number of benzene rings is 2. The largest absolute Gasteiger partial charge is 0.369 e. The van der Waals surface area contributed by atoms with Crippen LogP contribution in [0.4, 0.5) is 5.69 Å². The van der Waals surface area contributed by atoms with Crippen LogP contribution in [0.3, 0.4) is 0 Å². The number of nitrogens with one attached hydrogen (secondary N) is 2. The molecule has 2 aromatic carbocycles. The predicted molar refractivity (Wildman–Crippen MR) is 175 cm³/mol. The van der Waals surface area contributed by atoms with Crippen LogP contribution < -0.4 is 21.3 Å². The molecule has 6 rings (SSSR count). The van der Waals surface area contributed by atoms with Crippen molar-refractivity contribution in [3.05, 3.63) is 64.5 Å². The molecule has 1 aromatic heterocycles. The second-order valence-electron chi connectivity index (χ2n) is 12.2. The molecule has 0 aliphatic carbocycles. The molecule has 0 unspecified atom stereocenters. The Morgan fingerprint density at radius 2 is 1.73 bits per heavy atom. The maximum atomic E-state index is 14.6. The Morgan fingerprint density at radius 1 is 1.00 bits per heavy atom. The molecule has 3 aliphatic rings. The van der Waals surface area contributed by atoms with Crippen molar-refractivity contribution in [2.75, 3.05) is 71.0 Å². The lowest BCUT2D eigenvalue weighted by atomic mass is 9.87. The third kappa shape index (κ3) is 5.81. The van der Waals surface area contributed by atoms with Gasteiger partial charge in [-0.15, -0.1) is 11.3 Å². The summed E-state index contributed by atoms with van der Waals surface area (Å²) in [4.78, 5) is 49.8. The lowest BCUT2D eigenvalue weighted by Gasteiger charge is -2.49. The summed E-state index contributed by atoms with van der Waals surface area (Å²) in [6, 6.07) is 16.1. The van der Waals surface area contributed by atoms with Gasteiger partial charge in [0.1, 0.15) is 10.4 Å². The monoisotopic (exact) mass is 617 g/mol. The van der Waals surface area contributed by atoms with Crippen LogP contribution in [0.5, 0.6) is 0 Å². The standard InChI is InChI=1S/C33H43N7O3S/c1-37-23-36-32(43)33(37)21-40(22-33)30(41)28-25-11-5-7-13-27(25)44-29(28)31(42)39(17-9-3-2-8-14-34)20-24-10-4-6-12-26(24)38-18-15-35-16-19-38/h4-7,10-13,35H,2-3,8-9,14-23,34H2,1H3,(H,36,43). The number of nitrogens with two attached hydrogens (primary N) is 1. The number of para-hydroxylation sites is 1. The molecule has 10 nitrogen and oxygen atoms in total. The maximum Gasteiger partial charge on any atom is 0.265 e. The molecule has 3 saturated heterocycles. The SMILES string of the molecule is CN1CNC(=O)C12CN(C(=O)c1c(C(=O)N(CCCCCCN)Cc3ccccc3N3CCNCC3)sc3ccccc13)C2. The van der Waals surface area contributed by atoms with E-state index in [4.69, 9.17) is 5.73 Å². The number of amides is 3. The second kappa shape index (κ2) is 13.2. The molecule has 4 N–H and O–H groups in total. The summed E-state index contributed by atoms with van der Waals surface area (Å²) < 4.78 is 0.911. The van der Waals surface area contributed by atoms with Crippen molar-refractivity contribution in [3.8, 4) is 0 Å². The Labute approximate surface area is 263 Å². The highest BCUT2D eigenvalue weighted by Crippen LogP contribution is 2.37. The number of nitrogens with zero attached hydrogens (tertiary/aromatic N) is 4. The van der Waals surface area contributed by atoms with E-state index < -0.39 is 5.54 Å². The number of rotatable bonds is 11. The van der Waals surface area contributed by atoms with E-state index in [1.807, 2.05) is 47.2 Å². The van der Waals surface area contributed by atoms with Gasteiger partial charge in [0.25, 0.3) is 11.8 Å². The van der Waals surface area contributed by atoms with Crippen LogP contribution in [0.15, 0.2) is 48.5 Å². The topological polar surface area (TPSA) is 114 Å². The zero-order valence-electron chi connectivity index (χ0n) is 25.5. The van der Waals surface area contributed by atoms with Gasteiger partial charge < -0.3 is 31.1 Å². The summed E-state index contributed by atoms with van der Waals surface area (Å²) in [6.07, 6.45) is 3.86. The molecule has 0 bridgehead atoms. The van der Waals surface area contributed by atoms with Gasteiger partial charge >= 0.3 is 0 Å². The summed E-state index contributed by atoms with van der Waals surface area (Å²) in [5.41, 5.74) is 7.76. The van der Waals surface area contributed by atoms with Crippen molar-refractivity contribution in [3.63, 3.8) is 0 Å². The lowest BCUT2D eigenvalue weighted by Crippen LogP contribution is -2.71. The van der Waals surface area contributed by atoms with Crippen molar-refractivity contribution in [2.45, 2.75) is 37.8 Å². The highest BCUT2D eigenvalue weighted by atomic mass is 32.1. The van der Waals surface area contributed by atoms with Crippen molar-refractivity contribution in [1.82, 2.24) is 25.3 Å². The van der Waals surface area contributed by atoms with Crippen LogP contribution in [0.25, 0.3) is 10.1 Å². The number of carbonyl (C=O) groups excluding carboxylic acids is 3. The predicted octanol–water partition coefficient (Wildman–Crippen LogP) is 2.69. The first kappa shape index (κ1) is 30.5.